The molecule has 0 aromatic carbocycles. The number of rotatable bonds is 5. The molecule has 1 heterocycles. The summed E-state index contributed by atoms with van der Waals surface area (Å²) in [6.45, 7) is 9.80. The normalized spacial score (nSPS) is 11.6. The average molecular weight is 251 g/mol. The van der Waals surface area contributed by atoms with E-state index in [1.54, 1.807) is 0 Å². The Morgan fingerprint density at radius 1 is 1.47 bits per heavy atom. The van der Waals surface area contributed by atoms with Gasteiger partial charge in [0.15, 0.2) is 0 Å². The van der Waals surface area contributed by atoms with Gasteiger partial charge in [0, 0.05) is 6.54 Å². The SMILES string of the molecule is CC(C)C(C)(C)CNc1cccc(C(N)=S)n1. The molecule has 0 saturated heterocycles. The van der Waals surface area contributed by atoms with Crippen LogP contribution < -0.4 is 11.1 Å². The predicted octanol–water partition coefficient (Wildman–Crippen LogP) is 2.81. The zero-order chi connectivity index (χ0) is 13.1. The van der Waals surface area contributed by atoms with Crippen LogP contribution in [0.2, 0.25) is 0 Å². The second-order valence-corrected chi connectivity index (χ2v) is 5.71. The second-order valence-electron chi connectivity index (χ2n) is 5.27. The lowest BCUT2D eigenvalue weighted by molar-refractivity contribution is 0.269. The van der Waals surface area contributed by atoms with E-state index in [-0.39, 0.29) is 5.41 Å². The molecule has 94 valence electrons. The molecular weight excluding hydrogens is 230 g/mol. The van der Waals surface area contributed by atoms with Gasteiger partial charge in [-0.2, -0.15) is 0 Å². The molecule has 0 atom stereocenters. The van der Waals surface area contributed by atoms with Crippen molar-refractivity contribution in [1.29, 1.82) is 0 Å². The quantitative estimate of drug-likeness (QED) is 0.790. The standard InChI is InChI=1S/C13H21N3S/c1-9(2)13(3,4)8-15-11-7-5-6-10(16-11)12(14)17/h5-7,9H,8H2,1-4H3,(H2,14,17)(H,15,16). The first-order chi connectivity index (χ1) is 7.83. The number of nitrogens with zero attached hydrogens (tertiary/aromatic N) is 1. The van der Waals surface area contributed by atoms with Gasteiger partial charge in [-0.15, -0.1) is 0 Å². The van der Waals surface area contributed by atoms with Crippen molar-refractivity contribution in [2.24, 2.45) is 17.1 Å². The molecule has 0 aliphatic carbocycles. The lowest BCUT2D eigenvalue weighted by atomic mass is 9.81. The minimum atomic E-state index is 0.223. The third-order valence-corrected chi connectivity index (χ3v) is 3.50. The molecule has 0 unspecified atom stereocenters. The highest BCUT2D eigenvalue weighted by Crippen LogP contribution is 2.26. The molecule has 4 heteroatoms. The van der Waals surface area contributed by atoms with Crippen molar-refractivity contribution in [1.82, 2.24) is 4.98 Å². The Labute approximate surface area is 109 Å². The van der Waals surface area contributed by atoms with Crippen molar-refractivity contribution in [2.45, 2.75) is 27.7 Å². The molecule has 0 aliphatic rings. The lowest BCUT2D eigenvalue weighted by Crippen LogP contribution is -2.29. The molecule has 1 rings (SSSR count). The highest BCUT2D eigenvalue weighted by Gasteiger charge is 2.21. The van der Waals surface area contributed by atoms with Crippen LogP contribution in [0.15, 0.2) is 18.2 Å². The third-order valence-electron chi connectivity index (χ3n) is 3.29. The van der Waals surface area contributed by atoms with Crippen LogP contribution in [-0.2, 0) is 0 Å². The van der Waals surface area contributed by atoms with Crippen LogP contribution in [0.25, 0.3) is 0 Å². The van der Waals surface area contributed by atoms with Crippen LogP contribution in [0.1, 0.15) is 33.4 Å². The van der Waals surface area contributed by atoms with Crippen LogP contribution in [0.5, 0.6) is 0 Å². The topological polar surface area (TPSA) is 50.9 Å². The fourth-order valence-electron chi connectivity index (χ4n) is 1.19. The Morgan fingerprint density at radius 3 is 2.65 bits per heavy atom. The Balaban J connectivity index is 2.70. The minimum absolute atomic E-state index is 0.223. The third kappa shape index (κ3) is 3.97. The second kappa shape index (κ2) is 5.45. The van der Waals surface area contributed by atoms with Crippen molar-refractivity contribution in [3.05, 3.63) is 23.9 Å². The van der Waals surface area contributed by atoms with Gasteiger partial charge in [0.05, 0.1) is 5.69 Å². The van der Waals surface area contributed by atoms with E-state index in [4.69, 9.17) is 18.0 Å². The van der Waals surface area contributed by atoms with Crippen molar-refractivity contribution >= 4 is 23.0 Å². The van der Waals surface area contributed by atoms with E-state index >= 15 is 0 Å². The van der Waals surface area contributed by atoms with Gasteiger partial charge in [0.1, 0.15) is 10.8 Å². The maximum atomic E-state index is 5.55. The molecule has 1 aromatic rings. The van der Waals surface area contributed by atoms with Gasteiger partial charge in [-0.25, -0.2) is 4.98 Å². The van der Waals surface area contributed by atoms with Gasteiger partial charge in [-0.3, -0.25) is 0 Å². The maximum absolute atomic E-state index is 5.55. The summed E-state index contributed by atoms with van der Waals surface area (Å²) in [7, 11) is 0. The number of nitrogens with two attached hydrogens (primary N) is 1. The highest BCUT2D eigenvalue weighted by molar-refractivity contribution is 7.80. The average Bonchev–Trinajstić information content (AvgIpc) is 2.26. The number of hydrogen-bond acceptors (Lipinski definition) is 3. The summed E-state index contributed by atoms with van der Waals surface area (Å²) >= 11 is 4.91. The van der Waals surface area contributed by atoms with Crippen LogP contribution in [0.4, 0.5) is 5.82 Å². The molecule has 0 amide bonds. The molecule has 0 radical (unpaired) electrons. The summed E-state index contributed by atoms with van der Waals surface area (Å²) in [5.41, 5.74) is 6.44. The van der Waals surface area contributed by atoms with Crippen molar-refractivity contribution in [3.63, 3.8) is 0 Å². The van der Waals surface area contributed by atoms with Crippen LogP contribution >= 0.6 is 12.2 Å². The van der Waals surface area contributed by atoms with E-state index in [0.717, 1.165) is 12.4 Å². The molecular formula is C13H21N3S. The van der Waals surface area contributed by atoms with Crippen molar-refractivity contribution < 1.29 is 0 Å². The Morgan fingerprint density at radius 2 is 2.12 bits per heavy atom. The molecule has 0 bridgehead atoms. The number of hydrogen-bond donors (Lipinski definition) is 2. The van der Waals surface area contributed by atoms with E-state index in [1.807, 2.05) is 18.2 Å². The fraction of sp³-hybridized carbons (Fsp3) is 0.538. The lowest BCUT2D eigenvalue weighted by Gasteiger charge is -2.29. The van der Waals surface area contributed by atoms with E-state index in [0.29, 0.717) is 16.6 Å². The molecule has 3 N–H and O–H groups in total. The Hall–Kier alpha value is -1.16. The fourth-order valence-corrected chi connectivity index (χ4v) is 1.31. The zero-order valence-corrected chi connectivity index (χ0v) is 11.8. The van der Waals surface area contributed by atoms with Crippen LogP contribution in [0.3, 0.4) is 0 Å². The number of anilines is 1. The molecule has 0 spiro atoms. The molecule has 3 nitrogen and oxygen atoms in total. The largest absolute Gasteiger partial charge is 0.388 e. The summed E-state index contributed by atoms with van der Waals surface area (Å²) in [6.07, 6.45) is 0. The predicted molar refractivity (Wildman–Crippen MR) is 77.2 cm³/mol. The summed E-state index contributed by atoms with van der Waals surface area (Å²) < 4.78 is 0. The summed E-state index contributed by atoms with van der Waals surface area (Å²) in [5.74, 6) is 1.43. The summed E-state index contributed by atoms with van der Waals surface area (Å²) in [5, 5.41) is 3.34. The van der Waals surface area contributed by atoms with Gasteiger partial charge in [-0.05, 0) is 23.5 Å². The van der Waals surface area contributed by atoms with Crippen molar-refractivity contribution in [3.8, 4) is 0 Å². The monoisotopic (exact) mass is 251 g/mol. The molecule has 0 fully saturated rings. The van der Waals surface area contributed by atoms with E-state index in [1.165, 1.54) is 0 Å². The van der Waals surface area contributed by atoms with E-state index in [9.17, 15) is 0 Å². The van der Waals surface area contributed by atoms with E-state index in [2.05, 4.69) is 38.0 Å². The van der Waals surface area contributed by atoms with Crippen LogP contribution in [-0.4, -0.2) is 16.5 Å². The number of nitrogens with one attached hydrogen (secondary N) is 1. The number of aromatic nitrogens is 1. The van der Waals surface area contributed by atoms with Crippen LogP contribution in [0, 0.1) is 11.3 Å². The van der Waals surface area contributed by atoms with Gasteiger partial charge in [0.2, 0.25) is 0 Å². The number of thiocarbonyl (C=S) groups is 1. The number of pyridine rings is 1. The summed E-state index contributed by atoms with van der Waals surface area (Å²) in [4.78, 5) is 4.69. The van der Waals surface area contributed by atoms with Gasteiger partial charge < -0.3 is 11.1 Å². The zero-order valence-electron chi connectivity index (χ0n) is 10.9. The highest BCUT2D eigenvalue weighted by atomic mass is 32.1. The van der Waals surface area contributed by atoms with Gasteiger partial charge >= 0.3 is 0 Å². The van der Waals surface area contributed by atoms with Crippen molar-refractivity contribution in [2.75, 3.05) is 11.9 Å². The molecule has 17 heavy (non-hydrogen) atoms. The first-order valence-electron chi connectivity index (χ1n) is 5.83. The summed E-state index contributed by atoms with van der Waals surface area (Å²) in [6, 6.07) is 5.66. The smallest absolute Gasteiger partial charge is 0.126 e. The Bertz CT molecular complexity index is 399. The maximum Gasteiger partial charge on any atom is 0.126 e. The minimum Gasteiger partial charge on any atom is -0.388 e. The Kier molecular flexibility index (Phi) is 4.46. The van der Waals surface area contributed by atoms with Gasteiger partial charge in [-0.1, -0.05) is 46.0 Å². The molecule has 1 aromatic heterocycles. The first-order valence-corrected chi connectivity index (χ1v) is 6.24. The molecule has 0 aliphatic heterocycles. The van der Waals surface area contributed by atoms with Gasteiger partial charge in [0.25, 0.3) is 0 Å². The van der Waals surface area contributed by atoms with E-state index < -0.39 is 0 Å². The molecule has 0 saturated carbocycles. The first kappa shape index (κ1) is 13.9.